The van der Waals surface area contributed by atoms with Gasteiger partial charge in [-0.25, -0.2) is 8.42 Å². The van der Waals surface area contributed by atoms with Gasteiger partial charge in [-0.15, -0.1) is 11.3 Å². The van der Waals surface area contributed by atoms with Crippen molar-refractivity contribution >= 4 is 48.9 Å². The van der Waals surface area contributed by atoms with Crippen LogP contribution in [0.5, 0.6) is 0 Å². The molecule has 0 spiro atoms. The van der Waals surface area contributed by atoms with Crippen LogP contribution in [0.3, 0.4) is 0 Å². The van der Waals surface area contributed by atoms with Crippen molar-refractivity contribution in [2.45, 2.75) is 17.2 Å². The molecule has 17 heavy (non-hydrogen) atoms. The Kier molecular flexibility index (Phi) is 4.16. The fourth-order valence-electron chi connectivity index (χ4n) is 1.64. The van der Waals surface area contributed by atoms with Crippen LogP contribution < -0.4 is 0 Å². The van der Waals surface area contributed by atoms with Gasteiger partial charge in [-0.05, 0) is 28.9 Å². The number of halogens is 2. The van der Waals surface area contributed by atoms with E-state index >= 15 is 0 Å². The molecule has 0 radical (unpaired) electrons. The molecule has 1 aliphatic heterocycles. The monoisotopic (exact) mass is 359 g/mol. The zero-order valence-electron chi connectivity index (χ0n) is 9.02. The Morgan fingerprint density at radius 1 is 1.65 bits per heavy atom. The first-order valence-corrected chi connectivity index (χ1v) is 8.40. The third-order valence-corrected chi connectivity index (χ3v) is 7.43. The van der Waals surface area contributed by atoms with Crippen LogP contribution >= 0.6 is 38.9 Å². The van der Waals surface area contributed by atoms with E-state index in [9.17, 15) is 8.42 Å². The van der Waals surface area contributed by atoms with Crippen LogP contribution in [0.1, 0.15) is 6.92 Å². The first-order chi connectivity index (χ1) is 7.93. The highest BCUT2D eigenvalue weighted by Crippen LogP contribution is 2.36. The summed E-state index contributed by atoms with van der Waals surface area (Å²) < 4.78 is 32.3. The van der Waals surface area contributed by atoms with E-state index in [1.165, 1.54) is 10.4 Å². The van der Waals surface area contributed by atoms with Gasteiger partial charge in [-0.2, -0.15) is 4.31 Å². The summed E-state index contributed by atoms with van der Waals surface area (Å²) in [6, 6.07) is 1.33. The predicted molar refractivity (Wildman–Crippen MR) is 71.2 cm³/mol. The van der Waals surface area contributed by atoms with E-state index < -0.39 is 10.0 Å². The molecule has 1 saturated heterocycles. The van der Waals surface area contributed by atoms with Crippen molar-refractivity contribution in [1.29, 1.82) is 0 Å². The van der Waals surface area contributed by atoms with Crippen molar-refractivity contribution in [3.63, 3.8) is 0 Å². The van der Waals surface area contributed by atoms with Gasteiger partial charge in [0.25, 0.3) is 10.0 Å². The highest BCUT2D eigenvalue weighted by atomic mass is 79.9. The molecule has 0 N–H and O–H groups in total. The van der Waals surface area contributed by atoms with Crippen molar-refractivity contribution in [2.24, 2.45) is 0 Å². The van der Waals surface area contributed by atoms with Gasteiger partial charge in [0, 0.05) is 12.6 Å². The van der Waals surface area contributed by atoms with Gasteiger partial charge >= 0.3 is 0 Å². The summed E-state index contributed by atoms with van der Waals surface area (Å²) in [5.41, 5.74) is 0. The normalized spacial score (nSPS) is 22.9. The summed E-state index contributed by atoms with van der Waals surface area (Å²) in [6.07, 6.45) is 0. The van der Waals surface area contributed by atoms with E-state index in [1.807, 2.05) is 6.92 Å². The smallest absolute Gasteiger partial charge is 0.253 e. The van der Waals surface area contributed by atoms with Gasteiger partial charge in [0.15, 0.2) is 0 Å². The van der Waals surface area contributed by atoms with Gasteiger partial charge in [0.1, 0.15) is 4.21 Å². The molecule has 0 aromatic carbocycles. The minimum absolute atomic E-state index is 0.145. The lowest BCUT2D eigenvalue weighted by atomic mass is 10.3. The molecule has 1 aromatic rings. The van der Waals surface area contributed by atoms with Crippen molar-refractivity contribution in [3.05, 3.63) is 14.9 Å². The molecule has 4 nitrogen and oxygen atoms in total. The molecule has 0 saturated carbocycles. The third kappa shape index (κ3) is 2.69. The molecule has 0 amide bonds. The maximum Gasteiger partial charge on any atom is 0.253 e. The van der Waals surface area contributed by atoms with E-state index in [0.29, 0.717) is 28.6 Å². The van der Waals surface area contributed by atoms with Crippen molar-refractivity contribution in [1.82, 2.24) is 4.31 Å². The molecule has 0 bridgehead atoms. The van der Waals surface area contributed by atoms with E-state index in [0.717, 1.165) is 11.3 Å². The fourth-order valence-corrected chi connectivity index (χ4v) is 5.77. The van der Waals surface area contributed by atoms with Gasteiger partial charge in [-0.1, -0.05) is 11.6 Å². The van der Waals surface area contributed by atoms with Gasteiger partial charge in [0.05, 0.1) is 22.0 Å². The summed E-state index contributed by atoms with van der Waals surface area (Å²) >= 11 is 10.2. The summed E-state index contributed by atoms with van der Waals surface area (Å²) in [4.78, 5) is 0. The quantitative estimate of drug-likeness (QED) is 0.814. The molecule has 1 aromatic heterocycles. The lowest BCUT2D eigenvalue weighted by Crippen LogP contribution is -2.46. The second kappa shape index (κ2) is 5.14. The number of nitrogens with zero attached hydrogens (tertiary/aromatic N) is 1. The van der Waals surface area contributed by atoms with Gasteiger partial charge < -0.3 is 4.74 Å². The van der Waals surface area contributed by atoms with Gasteiger partial charge in [-0.3, -0.25) is 0 Å². The Bertz CT molecular complexity index is 497. The van der Waals surface area contributed by atoms with E-state index in [4.69, 9.17) is 16.3 Å². The van der Waals surface area contributed by atoms with Crippen LogP contribution in [0.15, 0.2) is 14.1 Å². The lowest BCUT2D eigenvalue weighted by Gasteiger charge is -2.31. The predicted octanol–water partition coefficient (Wildman–Crippen LogP) is 2.57. The number of hydrogen-bond donors (Lipinski definition) is 0. The van der Waals surface area contributed by atoms with Crippen LogP contribution in [0, 0.1) is 0 Å². The Morgan fingerprint density at radius 2 is 2.35 bits per heavy atom. The molecular weight excluding hydrogens is 350 g/mol. The largest absolute Gasteiger partial charge is 0.378 e. The molecule has 2 rings (SSSR count). The lowest BCUT2D eigenvalue weighted by molar-refractivity contribution is 0.0393. The Balaban J connectivity index is 2.35. The average Bonchev–Trinajstić information content (AvgIpc) is 2.60. The average molecular weight is 361 g/mol. The molecule has 8 heteroatoms. The maximum atomic E-state index is 12.4. The number of hydrogen-bond acceptors (Lipinski definition) is 4. The zero-order chi connectivity index (χ0) is 12.6. The number of ether oxygens (including phenoxy) is 1. The second-order valence-corrected chi connectivity index (χ2v) is 8.62. The van der Waals surface area contributed by atoms with Crippen LogP contribution in [0.2, 0.25) is 5.02 Å². The number of sulfonamides is 1. The van der Waals surface area contributed by atoms with E-state index in [-0.39, 0.29) is 10.3 Å². The molecule has 1 aliphatic rings. The van der Waals surface area contributed by atoms with Crippen LogP contribution in [-0.4, -0.2) is 38.5 Å². The van der Waals surface area contributed by atoms with Crippen LogP contribution in [0.25, 0.3) is 0 Å². The molecule has 0 aliphatic carbocycles. The number of thiophene rings is 1. The van der Waals surface area contributed by atoms with Crippen molar-refractivity contribution < 1.29 is 13.2 Å². The van der Waals surface area contributed by atoms with Crippen LogP contribution in [0.4, 0.5) is 0 Å². The third-order valence-electron chi connectivity index (χ3n) is 2.49. The highest BCUT2D eigenvalue weighted by Gasteiger charge is 2.33. The zero-order valence-corrected chi connectivity index (χ0v) is 13.0. The summed E-state index contributed by atoms with van der Waals surface area (Å²) in [6.45, 7) is 3.08. The highest BCUT2D eigenvalue weighted by molar-refractivity contribution is 9.11. The van der Waals surface area contributed by atoms with Crippen LogP contribution in [-0.2, 0) is 14.8 Å². The molecule has 1 unspecified atom stereocenters. The topological polar surface area (TPSA) is 46.6 Å². The first-order valence-electron chi connectivity index (χ1n) is 4.97. The van der Waals surface area contributed by atoms with Crippen molar-refractivity contribution in [2.75, 3.05) is 19.8 Å². The Morgan fingerprint density at radius 3 is 2.88 bits per heavy atom. The maximum absolute atomic E-state index is 12.4. The molecular formula is C9H11BrClNO3S2. The molecule has 1 fully saturated rings. The number of morpholine rings is 1. The first kappa shape index (κ1) is 13.8. The van der Waals surface area contributed by atoms with E-state index in [2.05, 4.69) is 15.9 Å². The van der Waals surface area contributed by atoms with Gasteiger partial charge in [0.2, 0.25) is 0 Å². The number of rotatable bonds is 2. The SMILES string of the molecule is CC1COCCN1S(=O)(=O)c1cc(Cl)c(Br)s1. The van der Waals surface area contributed by atoms with E-state index in [1.54, 1.807) is 0 Å². The summed E-state index contributed by atoms with van der Waals surface area (Å²) in [5, 5.41) is 0.425. The Hall–Kier alpha value is 0.340. The molecule has 2 heterocycles. The molecule has 96 valence electrons. The standard InChI is InChI=1S/C9H11BrClNO3S2/c1-6-5-15-3-2-12(6)17(13,14)8-4-7(11)9(10)16-8/h4,6H,2-3,5H2,1H3. The minimum atomic E-state index is -3.46. The molecule has 1 atom stereocenters. The fraction of sp³-hybridized carbons (Fsp3) is 0.556. The Labute approximate surface area is 118 Å². The summed E-state index contributed by atoms with van der Waals surface area (Å²) in [7, 11) is -3.46. The second-order valence-electron chi connectivity index (χ2n) is 3.73. The van der Waals surface area contributed by atoms with Crippen molar-refractivity contribution in [3.8, 4) is 0 Å². The minimum Gasteiger partial charge on any atom is -0.378 e. The summed E-state index contributed by atoms with van der Waals surface area (Å²) in [5.74, 6) is 0.